The Hall–Kier alpha value is -0.320. The summed E-state index contributed by atoms with van der Waals surface area (Å²) in [6.07, 6.45) is 3.18. The zero-order valence-electron chi connectivity index (χ0n) is 12.1. The Labute approximate surface area is 136 Å². The van der Waals surface area contributed by atoms with E-state index in [1.165, 1.54) is 32.4 Å². The van der Waals surface area contributed by atoms with Crippen LogP contribution in [0.3, 0.4) is 0 Å². The van der Waals surface area contributed by atoms with Gasteiger partial charge in [-0.3, -0.25) is 9.80 Å². The number of fused-ring (bicyclic) bond motifs is 1. The van der Waals surface area contributed by atoms with Gasteiger partial charge in [0.25, 0.3) is 0 Å². The van der Waals surface area contributed by atoms with Crippen molar-refractivity contribution in [1.82, 2.24) is 9.80 Å². The van der Waals surface area contributed by atoms with Gasteiger partial charge in [-0.2, -0.15) is 0 Å². The van der Waals surface area contributed by atoms with Crippen molar-refractivity contribution < 1.29 is 5.11 Å². The molecule has 2 fully saturated rings. The number of β-amino-alcohol motifs (C(OH)–C–C–N with tert-alkyl or cyclic N) is 1. The van der Waals surface area contributed by atoms with Gasteiger partial charge in [0.15, 0.2) is 0 Å². The highest BCUT2D eigenvalue weighted by atomic mass is 35.5. The van der Waals surface area contributed by atoms with Gasteiger partial charge in [-0.15, -0.1) is 0 Å². The van der Waals surface area contributed by atoms with Crippen LogP contribution in [-0.4, -0.2) is 53.7 Å². The lowest BCUT2D eigenvalue weighted by molar-refractivity contribution is 0.108. The Morgan fingerprint density at radius 1 is 1.19 bits per heavy atom. The summed E-state index contributed by atoms with van der Waals surface area (Å²) in [5, 5.41) is 11.7. The highest BCUT2D eigenvalue weighted by Gasteiger charge is 2.29. The molecule has 0 aliphatic carbocycles. The van der Waals surface area contributed by atoms with Crippen molar-refractivity contribution in [3.63, 3.8) is 0 Å². The highest BCUT2D eigenvalue weighted by molar-refractivity contribution is 6.33. The van der Waals surface area contributed by atoms with Crippen LogP contribution in [0.1, 0.15) is 30.9 Å². The van der Waals surface area contributed by atoms with Crippen LogP contribution in [0, 0.1) is 0 Å². The fourth-order valence-electron chi connectivity index (χ4n) is 3.56. The highest BCUT2D eigenvalue weighted by Crippen LogP contribution is 2.28. The van der Waals surface area contributed by atoms with Gasteiger partial charge in [-0.25, -0.2) is 0 Å². The summed E-state index contributed by atoms with van der Waals surface area (Å²) in [6.45, 7) is 5.15. The molecule has 2 heterocycles. The molecule has 2 atom stereocenters. The van der Waals surface area contributed by atoms with Gasteiger partial charge >= 0.3 is 0 Å². The molecule has 2 aliphatic rings. The number of hydrogen-bond acceptors (Lipinski definition) is 3. The summed E-state index contributed by atoms with van der Waals surface area (Å²) >= 11 is 12.2. The van der Waals surface area contributed by atoms with Crippen LogP contribution in [0.4, 0.5) is 0 Å². The molecule has 2 unspecified atom stereocenters. The topological polar surface area (TPSA) is 26.7 Å². The molecule has 0 spiro atoms. The van der Waals surface area contributed by atoms with E-state index in [2.05, 4.69) is 9.80 Å². The Morgan fingerprint density at radius 3 is 2.86 bits per heavy atom. The number of halogens is 2. The summed E-state index contributed by atoms with van der Waals surface area (Å²) in [4.78, 5) is 4.97. The van der Waals surface area contributed by atoms with Crippen LogP contribution in [0.2, 0.25) is 10.0 Å². The molecule has 2 aliphatic heterocycles. The molecule has 21 heavy (non-hydrogen) atoms. The molecule has 3 nitrogen and oxygen atoms in total. The van der Waals surface area contributed by atoms with E-state index < -0.39 is 6.10 Å². The summed E-state index contributed by atoms with van der Waals surface area (Å²) in [5.41, 5.74) is 0.733. The van der Waals surface area contributed by atoms with Crippen molar-refractivity contribution in [2.24, 2.45) is 0 Å². The largest absolute Gasteiger partial charge is 0.387 e. The number of hydrogen-bond donors (Lipinski definition) is 1. The van der Waals surface area contributed by atoms with Gasteiger partial charge in [0.1, 0.15) is 0 Å². The molecule has 1 N–H and O–H groups in total. The standard InChI is InChI=1S/C16H22Cl2N2O/c17-12-4-5-15(18)14(9-12)16(21)11-19-6-2-8-20-7-1-3-13(20)10-19/h4-5,9,13,16,21H,1-3,6-8,10-11H2. The van der Waals surface area contributed by atoms with Crippen molar-refractivity contribution in [2.45, 2.75) is 31.4 Å². The summed E-state index contributed by atoms with van der Waals surface area (Å²) in [5.74, 6) is 0. The molecule has 116 valence electrons. The van der Waals surface area contributed by atoms with Gasteiger partial charge in [0.05, 0.1) is 6.10 Å². The lowest BCUT2D eigenvalue weighted by Crippen LogP contribution is -2.38. The third kappa shape index (κ3) is 3.72. The Kier molecular flexibility index (Phi) is 5.07. The minimum atomic E-state index is -0.579. The van der Waals surface area contributed by atoms with Crippen molar-refractivity contribution in [3.05, 3.63) is 33.8 Å². The maximum atomic E-state index is 10.5. The molecule has 0 bridgehead atoms. The zero-order valence-corrected chi connectivity index (χ0v) is 13.7. The third-order valence-corrected chi connectivity index (χ3v) is 5.22. The summed E-state index contributed by atoms with van der Waals surface area (Å²) in [6, 6.07) is 5.94. The van der Waals surface area contributed by atoms with E-state index in [4.69, 9.17) is 23.2 Å². The molecule has 0 radical (unpaired) electrons. The zero-order chi connectivity index (χ0) is 14.8. The molecule has 3 rings (SSSR count). The maximum Gasteiger partial charge on any atom is 0.0931 e. The normalized spacial score (nSPS) is 25.6. The molecule has 0 saturated carbocycles. The Bertz CT molecular complexity index is 497. The second-order valence-electron chi connectivity index (χ2n) is 6.13. The average molecular weight is 329 g/mol. The van der Waals surface area contributed by atoms with Crippen LogP contribution < -0.4 is 0 Å². The smallest absolute Gasteiger partial charge is 0.0931 e. The van der Waals surface area contributed by atoms with E-state index in [1.807, 2.05) is 0 Å². The fraction of sp³-hybridized carbons (Fsp3) is 0.625. The monoisotopic (exact) mass is 328 g/mol. The lowest BCUT2D eigenvalue weighted by Gasteiger charge is -2.27. The van der Waals surface area contributed by atoms with Crippen molar-refractivity contribution in [2.75, 3.05) is 32.7 Å². The van der Waals surface area contributed by atoms with Gasteiger partial charge in [-0.05, 0) is 57.1 Å². The van der Waals surface area contributed by atoms with Crippen LogP contribution in [0.25, 0.3) is 0 Å². The third-order valence-electron chi connectivity index (χ3n) is 4.64. The molecular weight excluding hydrogens is 307 g/mol. The van der Waals surface area contributed by atoms with E-state index in [0.29, 0.717) is 22.6 Å². The molecule has 0 amide bonds. The predicted molar refractivity (Wildman–Crippen MR) is 87.1 cm³/mol. The van der Waals surface area contributed by atoms with Crippen molar-refractivity contribution in [3.8, 4) is 0 Å². The van der Waals surface area contributed by atoms with Gasteiger partial charge in [0.2, 0.25) is 0 Å². The van der Waals surface area contributed by atoms with Crippen LogP contribution in [0.15, 0.2) is 18.2 Å². The Morgan fingerprint density at radius 2 is 2.00 bits per heavy atom. The first-order chi connectivity index (χ1) is 10.1. The maximum absolute atomic E-state index is 10.5. The predicted octanol–water partition coefficient (Wildman–Crippen LogP) is 3.20. The minimum absolute atomic E-state index is 0.579. The number of nitrogens with zero attached hydrogens (tertiary/aromatic N) is 2. The SMILES string of the molecule is OC(CN1CCCN2CCCC2C1)c1cc(Cl)ccc1Cl. The molecule has 1 aromatic rings. The molecule has 2 saturated heterocycles. The van der Waals surface area contributed by atoms with E-state index in [9.17, 15) is 5.11 Å². The first-order valence-electron chi connectivity index (χ1n) is 7.73. The molecule has 0 aromatic heterocycles. The minimum Gasteiger partial charge on any atom is -0.387 e. The second-order valence-corrected chi connectivity index (χ2v) is 6.97. The molecular formula is C16H22Cl2N2O. The Balaban J connectivity index is 1.66. The summed E-state index contributed by atoms with van der Waals surface area (Å²) in [7, 11) is 0. The van der Waals surface area contributed by atoms with Crippen molar-refractivity contribution >= 4 is 23.2 Å². The van der Waals surface area contributed by atoms with Gasteiger partial charge < -0.3 is 5.11 Å². The molecule has 5 heteroatoms. The van der Waals surface area contributed by atoms with Crippen LogP contribution in [0.5, 0.6) is 0 Å². The van der Waals surface area contributed by atoms with E-state index in [0.717, 1.165) is 18.7 Å². The fourth-order valence-corrected chi connectivity index (χ4v) is 3.99. The first kappa shape index (κ1) is 15.6. The quantitative estimate of drug-likeness (QED) is 0.923. The second kappa shape index (κ2) is 6.84. The van der Waals surface area contributed by atoms with Gasteiger partial charge in [0, 0.05) is 34.7 Å². The summed E-state index contributed by atoms with van der Waals surface area (Å²) < 4.78 is 0. The number of aliphatic hydroxyl groups excluding tert-OH is 1. The number of aliphatic hydroxyl groups is 1. The van der Waals surface area contributed by atoms with E-state index in [-0.39, 0.29) is 0 Å². The van der Waals surface area contributed by atoms with E-state index in [1.54, 1.807) is 18.2 Å². The average Bonchev–Trinajstić information content (AvgIpc) is 2.80. The number of benzene rings is 1. The lowest BCUT2D eigenvalue weighted by atomic mass is 10.1. The van der Waals surface area contributed by atoms with Gasteiger partial charge in [-0.1, -0.05) is 23.2 Å². The number of rotatable bonds is 3. The van der Waals surface area contributed by atoms with Crippen molar-refractivity contribution in [1.29, 1.82) is 0 Å². The first-order valence-corrected chi connectivity index (χ1v) is 8.48. The molecule has 1 aromatic carbocycles. The van der Waals surface area contributed by atoms with Crippen LogP contribution in [-0.2, 0) is 0 Å². The van der Waals surface area contributed by atoms with Crippen LogP contribution >= 0.6 is 23.2 Å². The van der Waals surface area contributed by atoms with E-state index >= 15 is 0 Å².